The number of hydrogen-bond donors (Lipinski definition) is 1. The van der Waals surface area contributed by atoms with E-state index in [1.54, 1.807) is 17.8 Å². The molecule has 0 atom stereocenters. The highest BCUT2D eigenvalue weighted by Crippen LogP contribution is 2.20. The van der Waals surface area contributed by atoms with Gasteiger partial charge in [-0.05, 0) is 42.7 Å². The Labute approximate surface area is 154 Å². The standard InChI is InChI=1S/C18H15ClFNO3S/c1-25-13-5-2-4-12(10-13)21-17(22)11-24-18(23)9-8-14-15(19)6-3-7-16(14)20/h2-10H,11H2,1H3,(H,21,22)/b9-8+. The van der Waals surface area contributed by atoms with E-state index in [0.717, 1.165) is 11.0 Å². The molecule has 130 valence electrons. The molecule has 0 radical (unpaired) electrons. The van der Waals surface area contributed by atoms with E-state index >= 15 is 0 Å². The van der Waals surface area contributed by atoms with E-state index in [2.05, 4.69) is 5.32 Å². The van der Waals surface area contributed by atoms with E-state index in [9.17, 15) is 14.0 Å². The summed E-state index contributed by atoms with van der Waals surface area (Å²) in [5, 5.41) is 2.81. The highest BCUT2D eigenvalue weighted by molar-refractivity contribution is 7.98. The number of thioether (sulfide) groups is 1. The third kappa shape index (κ3) is 5.92. The van der Waals surface area contributed by atoms with Gasteiger partial charge in [-0.15, -0.1) is 11.8 Å². The first kappa shape index (κ1) is 19.0. The Bertz CT molecular complexity index is 790. The molecule has 0 aliphatic heterocycles. The lowest BCUT2D eigenvalue weighted by molar-refractivity contribution is -0.142. The van der Waals surface area contributed by atoms with Crippen LogP contribution in [0.4, 0.5) is 10.1 Å². The topological polar surface area (TPSA) is 55.4 Å². The minimum absolute atomic E-state index is 0.0828. The predicted molar refractivity (Wildman–Crippen MR) is 98.3 cm³/mol. The quantitative estimate of drug-likeness (QED) is 0.459. The van der Waals surface area contributed by atoms with Crippen LogP contribution in [0.2, 0.25) is 5.02 Å². The van der Waals surface area contributed by atoms with Crippen LogP contribution in [0.1, 0.15) is 5.56 Å². The van der Waals surface area contributed by atoms with Crippen molar-refractivity contribution < 1.29 is 18.7 Å². The molecule has 0 aliphatic carbocycles. The molecule has 1 amide bonds. The fourth-order valence-corrected chi connectivity index (χ4v) is 2.59. The lowest BCUT2D eigenvalue weighted by Gasteiger charge is -2.06. The van der Waals surface area contributed by atoms with E-state index in [1.165, 1.54) is 24.3 Å². The maximum atomic E-state index is 13.6. The van der Waals surface area contributed by atoms with Crippen LogP contribution in [0.25, 0.3) is 6.08 Å². The summed E-state index contributed by atoms with van der Waals surface area (Å²) in [6.07, 6.45) is 4.16. The zero-order valence-corrected chi connectivity index (χ0v) is 14.9. The van der Waals surface area contributed by atoms with Crippen molar-refractivity contribution in [2.75, 3.05) is 18.2 Å². The molecule has 7 heteroatoms. The summed E-state index contributed by atoms with van der Waals surface area (Å²) in [4.78, 5) is 24.4. The van der Waals surface area contributed by atoms with Crippen LogP contribution in [-0.4, -0.2) is 24.7 Å². The van der Waals surface area contributed by atoms with Gasteiger partial charge in [0.05, 0.1) is 5.02 Å². The average molecular weight is 380 g/mol. The van der Waals surface area contributed by atoms with Gasteiger partial charge in [0.2, 0.25) is 0 Å². The molecular formula is C18H15ClFNO3S. The Hall–Kier alpha value is -2.31. The third-order valence-electron chi connectivity index (χ3n) is 3.08. The molecule has 2 aromatic carbocycles. The van der Waals surface area contributed by atoms with Crippen LogP contribution < -0.4 is 5.32 Å². The highest BCUT2D eigenvalue weighted by atomic mass is 35.5. The molecule has 0 unspecified atom stereocenters. The SMILES string of the molecule is CSc1cccc(NC(=O)COC(=O)/C=C/c2c(F)cccc2Cl)c1. The van der Waals surface area contributed by atoms with Crippen molar-refractivity contribution in [1.82, 2.24) is 0 Å². The van der Waals surface area contributed by atoms with Gasteiger partial charge >= 0.3 is 5.97 Å². The molecule has 0 saturated heterocycles. The Morgan fingerprint density at radius 3 is 2.76 bits per heavy atom. The molecule has 1 N–H and O–H groups in total. The number of ether oxygens (including phenoxy) is 1. The third-order valence-corrected chi connectivity index (χ3v) is 4.14. The zero-order chi connectivity index (χ0) is 18.2. The van der Waals surface area contributed by atoms with Crippen molar-refractivity contribution in [3.8, 4) is 0 Å². The van der Waals surface area contributed by atoms with Gasteiger partial charge in [-0.1, -0.05) is 23.7 Å². The van der Waals surface area contributed by atoms with Crippen LogP contribution >= 0.6 is 23.4 Å². The monoisotopic (exact) mass is 379 g/mol. The number of esters is 1. The molecule has 2 aromatic rings. The summed E-state index contributed by atoms with van der Waals surface area (Å²) in [5.74, 6) is -1.79. The average Bonchev–Trinajstić information content (AvgIpc) is 2.59. The first-order chi connectivity index (χ1) is 12.0. The highest BCUT2D eigenvalue weighted by Gasteiger charge is 2.08. The summed E-state index contributed by atoms with van der Waals surface area (Å²) in [6, 6.07) is 11.5. The predicted octanol–water partition coefficient (Wildman–Crippen LogP) is 4.40. The van der Waals surface area contributed by atoms with Crippen molar-refractivity contribution in [2.45, 2.75) is 4.90 Å². The van der Waals surface area contributed by atoms with Crippen LogP contribution in [0.5, 0.6) is 0 Å². The normalized spacial score (nSPS) is 10.7. The van der Waals surface area contributed by atoms with Gasteiger partial charge in [0.1, 0.15) is 5.82 Å². The van der Waals surface area contributed by atoms with Crippen LogP contribution in [0, 0.1) is 5.82 Å². The maximum Gasteiger partial charge on any atom is 0.331 e. The molecule has 0 heterocycles. The largest absolute Gasteiger partial charge is 0.452 e. The van der Waals surface area contributed by atoms with Crippen LogP contribution in [0.15, 0.2) is 53.4 Å². The van der Waals surface area contributed by atoms with Gasteiger partial charge in [0.25, 0.3) is 5.91 Å². The Kier molecular flexibility index (Phi) is 7.03. The number of benzene rings is 2. The van der Waals surface area contributed by atoms with Gasteiger partial charge in [-0.3, -0.25) is 4.79 Å². The second-order valence-corrected chi connectivity index (χ2v) is 6.14. The molecule has 0 aromatic heterocycles. The van der Waals surface area contributed by atoms with Gasteiger partial charge < -0.3 is 10.1 Å². The van der Waals surface area contributed by atoms with E-state index in [1.807, 2.05) is 24.5 Å². The molecule has 4 nitrogen and oxygen atoms in total. The summed E-state index contributed by atoms with van der Waals surface area (Å²) >= 11 is 7.39. The summed E-state index contributed by atoms with van der Waals surface area (Å²) in [6.45, 7) is -0.447. The number of anilines is 1. The number of rotatable bonds is 6. The summed E-state index contributed by atoms with van der Waals surface area (Å²) in [7, 11) is 0. The summed E-state index contributed by atoms with van der Waals surface area (Å²) < 4.78 is 18.4. The maximum absolute atomic E-state index is 13.6. The van der Waals surface area contributed by atoms with Gasteiger partial charge in [0.15, 0.2) is 6.61 Å². The van der Waals surface area contributed by atoms with E-state index in [0.29, 0.717) is 5.69 Å². The van der Waals surface area contributed by atoms with Gasteiger partial charge in [-0.25, -0.2) is 9.18 Å². The van der Waals surface area contributed by atoms with Crippen molar-refractivity contribution in [3.05, 3.63) is 64.9 Å². The van der Waals surface area contributed by atoms with E-state index < -0.39 is 24.3 Å². The van der Waals surface area contributed by atoms with Crippen molar-refractivity contribution >= 4 is 47.0 Å². The second kappa shape index (κ2) is 9.25. The minimum atomic E-state index is -0.771. The molecule has 2 rings (SSSR count). The number of carbonyl (C=O) groups excluding carboxylic acids is 2. The molecule has 0 fully saturated rings. The second-order valence-electron chi connectivity index (χ2n) is 4.86. The van der Waals surface area contributed by atoms with Crippen molar-refractivity contribution in [3.63, 3.8) is 0 Å². The molecule has 0 saturated carbocycles. The first-order valence-corrected chi connectivity index (χ1v) is 8.82. The molecule has 0 aliphatic rings. The van der Waals surface area contributed by atoms with Crippen LogP contribution in [-0.2, 0) is 14.3 Å². The number of hydrogen-bond acceptors (Lipinski definition) is 4. The Balaban J connectivity index is 1.87. The fourth-order valence-electron chi connectivity index (χ4n) is 1.90. The van der Waals surface area contributed by atoms with Crippen LogP contribution in [0.3, 0.4) is 0 Å². The minimum Gasteiger partial charge on any atom is -0.452 e. The van der Waals surface area contributed by atoms with Crippen molar-refractivity contribution in [2.24, 2.45) is 0 Å². The molecule has 0 bridgehead atoms. The lowest BCUT2D eigenvalue weighted by Crippen LogP contribution is -2.20. The Morgan fingerprint density at radius 1 is 1.28 bits per heavy atom. The van der Waals surface area contributed by atoms with E-state index in [-0.39, 0.29) is 10.6 Å². The zero-order valence-electron chi connectivity index (χ0n) is 13.3. The molecule has 25 heavy (non-hydrogen) atoms. The molecular weight excluding hydrogens is 365 g/mol. The number of halogens is 2. The first-order valence-electron chi connectivity index (χ1n) is 7.22. The summed E-state index contributed by atoms with van der Waals surface area (Å²) in [5.41, 5.74) is 0.695. The number of nitrogens with one attached hydrogen (secondary N) is 1. The van der Waals surface area contributed by atoms with E-state index in [4.69, 9.17) is 16.3 Å². The fraction of sp³-hybridized carbons (Fsp3) is 0.111. The van der Waals surface area contributed by atoms with Crippen molar-refractivity contribution in [1.29, 1.82) is 0 Å². The lowest BCUT2D eigenvalue weighted by atomic mass is 10.2. The Morgan fingerprint density at radius 2 is 2.04 bits per heavy atom. The number of amides is 1. The number of carbonyl (C=O) groups is 2. The smallest absolute Gasteiger partial charge is 0.331 e. The van der Waals surface area contributed by atoms with Gasteiger partial charge in [-0.2, -0.15) is 0 Å². The molecule has 0 spiro atoms. The van der Waals surface area contributed by atoms with Gasteiger partial charge in [0, 0.05) is 22.2 Å².